The molecule has 0 saturated carbocycles. The van der Waals surface area contributed by atoms with Gasteiger partial charge in [0, 0.05) is 31.5 Å². The van der Waals surface area contributed by atoms with Crippen molar-refractivity contribution in [3.05, 3.63) is 5.82 Å². The van der Waals surface area contributed by atoms with Crippen molar-refractivity contribution in [1.82, 2.24) is 25.0 Å². The first kappa shape index (κ1) is 22.6. The van der Waals surface area contributed by atoms with Crippen LogP contribution >= 0.6 is 12.4 Å². The molecule has 0 bridgehead atoms. The van der Waals surface area contributed by atoms with Gasteiger partial charge in [0.2, 0.25) is 17.8 Å². The minimum atomic E-state index is -0.425. The minimum Gasteiger partial charge on any atom is -0.341 e. The standard InChI is InChI=1S/C19H32N6O2.ClH/c1-19(2,3)17(27)25-11-5-6-14(12-25)16(26)22-18-21-15(23-24(18)4)13-7-9-20-10-8-13;/h13-14,20H,5-12H2,1-4H3,(H,21,22,23,26);1H. The van der Waals surface area contributed by atoms with Crippen molar-refractivity contribution in [1.29, 1.82) is 0 Å². The summed E-state index contributed by atoms with van der Waals surface area (Å²) in [6.45, 7) is 8.90. The quantitative estimate of drug-likeness (QED) is 0.791. The third-order valence-corrected chi connectivity index (χ3v) is 5.44. The molecule has 0 radical (unpaired) electrons. The average molecular weight is 413 g/mol. The van der Waals surface area contributed by atoms with Crippen molar-refractivity contribution < 1.29 is 9.59 Å². The van der Waals surface area contributed by atoms with Crippen LogP contribution in [0.25, 0.3) is 0 Å². The van der Waals surface area contributed by atoms with E-state index in [0.717, 1.165) is 51.1 Å². The molecule has 8 nitrogen and oxygen atoms in total. The van der Waals surface area contributed by atoms with Crippen molar-refractivity contribution in [3.63, 3.8) is 0 Å². The van der Waals surface area contributed by atoms with Crippen molar-refractivity contribution in [2.24, 2.45) is 18.4 Å². The maximum atomic E-state index is 12.8. The Morgan fingerprint density at radius 1 is 1.18 bits per heavy atom. The second-order valence-corrected chi connectivity index (χ2v) is 8.77. The summed E-state index contributed by atoms with van der Waals surface area (Å²) in [4.78, 5) is 31.7. The Morgan fingerprint density at radius 2 is 1.86 bits per heavy atom. The fourth-order valence-electron chi connectivity index (χ4n) is 3.83. The molecule has 2 N–H and O–H groups in total. The Morgan fingerprint density at radius 3 is 2.50 bits per heavy atom. The number of likely N-dealkylation sites (tertiary alicyclic amines) is 1. The molecule has 0 aliphatic carbocycles. The second-order valence-electron chi connectivity index (χ2n) is 8.77. The van der Waals surface area contributed by atoms with Gasteiger partial charge < -0.3 is 10.2 Å². The molecule has 2 aliphatic rings. The second kappa shape index (κ2) is 9.22. The Kier molecular flexibility index (Phi) is 7.45. The number of amides is 2. The number of carbonyl (C=O) groups excluding carboxylic acids is 2. The first-order chi connectivity index (χ1) is 12.8. The van der Waals surface area contributed by atoms with Crippen LogP contribution in [0.1, 0.15) is 58.2 Å². The number of nitrogens with zero attached hydrogens (tertiary/aromatic N) is 4. The molecule has 2 aliphatic heterocycles. The highest BCUT2D eigenvalue weighted by Crippen LogP contribution is 2.26. The van der Waals surface area contributed by atoms with Crippen molar-refractivity contribution >= 4 is 30.2 Å². The molecule has 0 aromatic carbocycles. The number of nitrogens with one attached hydrogen (secondary N) is 2. The van der Waals surface area contributed by atoms with Crippen LogP contribution < -0.4 is 10.6 Å². The lowest BCUT2D eigenvalue weighted by Gasteiger charge is -2.35. The van der Waals surface area contributed by atoms with E-state index in [9.17, 15) is 9.59 Å². The van der Waals surface area contributed by atoms with E-state index in [1.165, 1.54) is 0 Å². The smallest absolute Gasteiger partial charge is 0.231 e. The van der Waals surface area contributed by atoms with Gasteiger partial charge in [-0.15, -0.1) is 12.4 Å². The summed E-state index contributed by atoms with van der Waals surface area (Å²) in [7, 11) is 1.81. The number of rotatable bonds is 3. The van der Waals surface area contributed by atoms with Gasteiger partial charge in [-0.3, -0.25) is 14.9 Å². The largest absolute Gasteiger partial charge is 0.341 e. The number of anilines is 1. The molecule has 0 spiro atoms. The van der Waals surface area contributed by atoms with Gasteiger partial charge in [-0.05, 0) is 38.8 Å². The topological polar surface area (TPSA) is 92.2 Å². The first-order valence-electron chi connectivity index (χ1n) is 9.97. The maximum absolute atomic E-state index is 12.8. The minimum absolute atomic E-state index is 0. The molecule has 2 amide bonds. The lowest BCUT2D eigenvalue weighted by atomic mass is 9.91. The molecule has 1 aromatic heterocycles. The van der Waals surface area contributed by atoms with Gasteiger partial charge in [0.1, 0.15) is 0 Å². The predicted octanol–water partition coefficient (Wildman–Crippen LogP) is 1.93. The van der Waals surface area contributed by atoms with Crippen LogP contribution in [-0.2, 0) is 16.6 Å². The Labute approximate surface area is 173 Å². The molecule has 2 saturated heterocycles. The summed E-state index contributed by atoms with van der Waals surface area (Å²) in [6, 6.07) is 0. The monoisotopic (exact) mass is 412 g/mol. The third-order valence-electron chi connectivity index (χ3n) is 5.44. The van der Waals surface area contributed by atoms with Crippen LogP contribution in [0.4, 0.5) is 5.95 Å². The van der Waals surface area contributed by atoms with Gasteiger partial charge in [-0.25, -0.2) is 4.68 Å². The molecule has 3 rings (SSSR count). The molecule has 2 fully saturated rings. The van der Waals surface area contributed by atoms with E-state index < -0.39 is 5.41 Å². The van der Waals surface area contributed by atoms with E-state index in [1.54, 1.807) is 4.68 Å². The lowest BCUT2D eigenvalue weighted by Crippen LogP contribution is -2.47. The summed E-state index contributed by atoms with van der Waals surface area (Å²) in [5.74, 6) is 1.47. The average Bonchev–Trinajstić information content (AvgIpc) is 3.01. The normalized spacial score (nSPS) is 21.1. The van der Waals surface area contributed by atoms with E-state index in [-0.39, 0.29) is 30.1 Å². The van der Waals surface area contributed by atoms with Gasteiger partial charge in [0.25, 0.3) is 0 Å². The molecule has 1 atom stereocenters. The van der Waals surface area contributed by atoms with Crippen LogP contribution in [0.3, 0.4) is 0 Å². The van der Waals surface area contributed by atoms with E-state index in [0.29, 0.717) is 18.4 Å². The third kappa shape index (κ3) is 5.23. The number of hydrogen-bond acceptors (Lipinski definition) is 5. The Hall–Kier alpha value is -1.67. The van der Waals surface area contributed by atoms with Crippen molar-refractivity contribution in [2.45, 2.75) is 52.4 Å². The van der Waals surface area contributed by atoms with E-state index in [4.69, 9.17) is 0 Å². The lowest BCUT2D eigenvalue weighted by molar-refractivity contribution is -0.142. The molecule has 1 unspecified atom stereocenters. The highest BCUT2D eigenvalue weighted by molar-refractivity contribution is 5.92. The molecule has 28 heavy (non-hydrogen) atoms. The molecule has 9 heteroatoms. The van der Waals surface area contributed by atoms with Crippen LogP contribution in [0.2, 0.25) is 0 Å². The van der Waals surface area contributed by atoms with Gasteiger partial charge in [0.05, 0.1) is 5.92 Å². The number of hydrogen-bond donors (Lipinski definition) is 2. The highest BCUT2D eigenvalue weighted by Gasteiger charge is 2.34. The van der Waals surface area contributed by atoms with E-state index >= 15 is 0 Å². The Balaban J connectivity index is 0.00000280. The van der Waals surface area contributed by atoms with E-state index in [1.807, 2.05) is 32.7 Å². The summed E-state index contributed by atoms with van der Waals surface area (Å²) in [6.07, 6.45) is 3.67. The van der Waals surface area contributed by atoms with Gasteiger partial charge in [-0.1, -0.05) is 20.8 Å². The Bertz CT molecular complexity index is 693. The molecule has 3 heterocycles. The zero-order valence-electron chi connectivity index (χ0n) is 17.3. The summed E-state index contributed by atoms with van der Waals surface area (Å²) < 4.78 is 1.65. The van der Waals surface area contributed by atoms with Gasteiger partial charge >= 0.3 is 0 Å². The van der Waals surface area contributed by atoms with Crippen molar-refractivity contribution in [3.8, 4) is 0 Å². The van der Waals surface area contributed by atoms with Crippen molar-refractivity contribution in [2.75, 3.05) is 31.5 Å². The first-order valence-corrected chi connectivity index (χ1v) is 9.97. The molecular formula is C19H33ClN6O2. The zero-order valence-corrected chi connectivity index (χ0v) is 18.1. The number of piperidine rings is 2. The SMILES string of the molecule is Cl.Cn1nc(C2CCNCC2)nc1NC(=O)C1CCCN(C(=O)C(C)(C)C)C1. The number of carbonyl (C=O) groups is 2. The van der Waals surface area contributed by atoms with Crippen LogP contribution in [0, 0.1) is 11.3 Å². The summed E-state index contributed by atoms with van der Waals surface area (Å²) in [5.41, 5.74) is -0.425. The number of aromatic nitrogens is 3. The van der Waals surface area contributed by atoms with Crippen LogP contribution in [0.5, 0.6) is 0 Å². The highest BCUT2D eigenvalue weighted by atomic mass is 35.5. The van der Waals surface area contributed by atoms with Gasteiger partial charge in [-0.2, -0.15) is 10.1 Å². The predicted molar refractivity (Wildman–Crippen MR) is 110 cm³/mol. The van der Waals surface area contributed by atoms with Gasteiger partial charge in [0.15, 0.2) is 5.82 Å². The fraction of sp³-hybridized carbons (Fsp3) is 0.789. The summed E-state index contributed by atoms with van der Waals surface area (Å²) >= 11 is 0. The zero-order chi connectivity index (χ0) is 19.6. The van der Waals surface area contributed by atoms with Crippen LogP contribution in [-0.4, -0.2) is 57.7 Å². The molecule has 1 aromatic rings. The molecular weight excluding hydrogens is 380 g/mol. The van der Waals surface area contributed by atoms with Crippen LogP contribution in [0.15, 0.2) is 0 Å². The maximum Gasteiger partial charge on any atom is 0.231 e. The fourth-order valence-corrected chi connectivity index (χ4v) is 3.83. The summed E-state index contributed by atoms with van der Waals surface area (Å²) in [5, 5.41) is 10.8. The molecule has 158 valence electrons. The van der Waals surface area contributed by atoms with E-state index in [2.05, 4.69) is 20.7 Å². The number of halogens is 1. The number of aryl methyl sites for hydroxylation is 1.